The van der Waals surface area contributed by atoms with E-state index >= 15 is 0 Å². The molecule has 1 aromatic carbocycles. The fourth-order valence-electron chi connectivity index (χ4n) is 1.82. The average molecular weight is 168 g/mol. The molecule has 1 nitrogen and oxygen atoms in total. The molecule has 0 unspecified atom stereocenters. The van der Waals surface area contributed by atoms with Gasteiger partial charge in [0, 0.05) is 0 Å². The topological polar surface area (TPSA) is 20.2 Å². The second kappa shape index (κ2) is 2.13. The van der Waals surface area contributed by atoms with Crippen molar-refractivity contribution in [2.45, 2.75) is 0 Å². The number of fused-ring (bicyclic) bond motifs is 2. The summed E-state index contributed by atoms with van der Waals surface area (Å²) >= 11 is 0. The van der Waals surface area contributed by atoms with Gasteiger partial charge in [0.1, 0.15) is 5.76 Å². The van der Waals surface area contributed by atoms with Crippen LogP contribution in [0.2, 0.25) is 0 Å². The third-order valence-electron chi connectivity index (χ3n) is 2.45. The zero-order valence-electron chi connectivity index (χ0n) is 6.99. The van der Waals surface area contributed by atoms with Crippen molar-refractivity contribution in [3.05, 3.63) is 45.5 Å². The second-order valence-electron chi connectivity index (χ2n) is 3.35. The molecule has 0 amide bonds. The Balaban J connectivity index is 2.42. The lowest BCUT2D eigenvalue weighted by Crippen LogP contribution is -2.12. The van der Waals surface area contributed by atoms with E-state index in [9.17, 15) is 5.11 Å². The maximum atomic E-state index is 9.30. The summed E-state index contributed by atoms with van der Waals surface area (Å²) in [5, 5.41) is 11.6. The third-order valence-corrected chi connectivity index (χ3v) is 2.45. The van der Waals surface area contributed by atoms with Crippen LogP contribution in [0, 0.1) is 0 Å². The highest BCUT2D eigenvalue weighted by atomic mass is 16.3. The standard InChI is InChI=1S/C12H8O/c13-12-6-10-4-8-2-1-3-9(8)5-11(10)7-12/h1-7,13H. The molecule has 1 N–H and O–H groups in total. The summed E-state index contributed by atoms with van der Waals surface area (Å²) in [6.07, 6.45) is 9.80. The molecule has 0 radical (unpaired) electrons. The maximum Gasteiger partial charge on any atom is 0.116 e. The van der Waals surface area contributed by atoms with Crippen molar-refractivity contribution in [3.8, 4) is 0 Å². The highest BCUT2D eigenvalue weighted by Crippen LogP contribution is 2.09. The molecule has 0 aromatic heterocycles. The van der Waals surface area contributed by atoms with Gasteiger partial charge in [0.2, 0.25) is 0 Å². The summed E-state index contributed by atoms with van der Waals surface area (Å²) < 4.78 is 0. The largest absolute Gasteiger partial charge is 0.508 e. The van der Waals surface area contributed by atoms with Crippen molar-refractivity contribution in [1.29, 1.82) is 0 Å². The first-order valence-corrected chi connectivity index (χ1v) is 4.28. The molecular weight excluding hydrogens is 160 g/mol. The quantitative estimate of drug-likeness (QED) is 0.617. The third kappa shape index (κ3) is 0.872. The van der Waals surface area contributed by atoms with Crippen LogP contribution < -0.4 is 10.4 Å². The Hall–Kier alpha value is -1.76. The van der Waals surface area contributed by atoms with Gasteiger partial charge >= 0.3 is 0 Å². The minimum atomic E-state index is 0.350. The molecule has 62 valence electrons. The van der Waals surface area contributed by atoms with Crippen LogP contribution in [-0.4, -0.2) is 5.11 Å². The van der Waals surface area contributed by atoms with Crippen molar-refractivity contribution in [2.75, 3.05) is 0 Å². The smallest absolute Gasteiger partial charge is 0.116 e. The van der Waals surface area contributed by atoms with Gasteiger partial charge in [0.25, 0.3) is 0 Å². The molecule has 1 aromatic rings. The molecule has 0 heterocycles. The number of aliphatic hydroxyl groups is 1. The van der Waals surface area contributed by atoms with Crippen molar-refractivity contribution in [1.82, 2.24) is 0 Å². The van der Waals surface area contributed by atoms with Gasteiger partial charge in [-0.15, -0.1) is 0 Å². The van der Waals surface area contributed by atoms with Gasteiger partial charge in [-0.25, -0.2) is 0 Å². The van der Waals surface area contributed by atoms with E-state index in [-0.39, 0.29) is 0 Å². The molecule has 0 saturated carbocycles. The van der Waals surface area contributed by atoms with E-state index in [4.69, 9.17) is 0 Å². The Kier molecular flexibility index (Phi) is 1.10. The first-order chi connectivity index (χ1) is 6.33. The fourth-order valence-corrected chi connectivity index (χ4v) is 1.82. The Morgan fingerprint density at radius 1 is 0.923 bits per heavy atom. The van der Waals surface area contributed by atoms with E-state index in [2.05, 4.69) is 24.3 Å². The normalized spacial score (nSPS) is 15.8. The summed E-state index contributed by atoms with van der Waals surface area (Å²) in [5.74, 6) is 0.350. The van der Waals surface area contributed by atoms with Gasteiger partial charge in [-0.1, -0.05) is 18.2 Å². The monoisotopic (exact) mass is 168 g/mol. The van der Waals surface area contributed by atoms with Gasteiger partial charge < -0.3 is 5.11 Å². The SMILES string of the molecule is OC1=Cc2cc3c(cc2=C1)C=CC=3. The minimum absolute atomic E-state index is 0.350. The Morgan fingerprint density at radius 2 is 1.77 bits per heavy atom. The lowest BCUT2D eigenvalue weighted by molar-refractivity contribution is 0.448. The molecule has 0 saturated heterocycles. The van der Waals surface area contributed by atoms with Crippen LogP contribution in [-0.2, 0) is 0 Å². The zero-order chi connectivity index (χ0) is 8.84. The molecule has 0 aliphatic heterocycles. The van der Waals surface area contributed by atoms with Crippen LogP contribution >= 0.6 is 0 Å². The number of hydrogen-bond acceptors (Lipinski definition) is 1. The summed E-state index contributed by atoms with van der Waals surface area (Å²) in [6, 6.07) is 4.20. The minimum Gasteiger partial charge on any atom is -0.508 e. The van der Waals surface area contributed by atoms with Gasteiger partial charge in [-0.3, -0.25) is 0 Å². The van der Waals surface area contributed by atoms with Crippen LogP contribution in [0.25, 0.3) is 24.3 Å². The fraction of sp³-hybridized carbons (Fsp3) is 0. The summed E-state index contributed by atoms with van der Waals surface area (Å²) in [5.41, 5.74) is 2.34. The van der Waals surface area contributed by atoms with E-state index in [1.54, 1.807) is 12.2 Å². The first kappa shape index (κ1) is 6.72. The predicted molar refractivity (Wildman–Crippen MR) is 54.3 cm³/mol. The molecule has 13 heavy (non-hydrogen) atoms. The van der Waals surface area contributed by atoms with Gasteiger partial charge in [-0.05, 0) is 45.8 Å². The van der Waals surface area contributed by atoms with Crippen LogP contribution in [0.15, 0.2) is 24.0 Å². The number of hydrogen-bond donors (Lipinski definition) is 1. The second-order valence-corrected chi connectivity index (χ2v) is 3.35. The highest BCUT2D eigenvalue weighted by molar-refractivity contribution is 5.74. The lowest BCUT2D eigenvalue weighted by Gasteiger charge is -1.94. The molecule has 3 rings (SSSR count). The van der Waals surface area contributed by atoms with Crippen molar-refractivity contribution >= 4 is 24.3 Å². The molecule has 0 atom stereocenters. The molecule has 0 fully saturated rings. The Morgan fingerprint density at radius 3 is 2.69 bits per heavy atom. The van der Waals surface area contributed by atoms with E-state index < -0.39 is 0 Å². The first-order valence-electron chi connectivity index (χ1n) is 4.28. The molecule has 0 bridgehead atoms. The van der Waals surface area contributed by atoms with E-state index in [1.165, 1.54) is 10.8 Å². The van der Waals surface area contributed by atoms with Crippen molar-refractivity contribution in [2.24, 2.45) is 0 Å². The van der Waals surface area contributed by atoms with E-state index in [0.717, 1.165) is 10.8 Å². The summed E-state index contributed by atoms with van der Waals surface area (Å²) in [4.78, 5) is 0. The molecule has 2 aliphatic rings. The van der Waals surface area contributed by atoms with Crippen LogP contribution in [0.1, 0.15) is 11.1 Å². The highest BCUT2D eigenvalue weighted by Gasteiger charge is 2.05. The zero-order valence-corrected chi connectivity index (χ0v) is 6.99. The van der Waals surface area contributed by atoms with E-state index in [1.807, 2.05) is 6.08 Å². The Bertz CT molecular complexity index is 560. The number of aliphatic hydroxyl groups excluding tert-OH is 1. The average Bonchev–Trinajstić information content (AvgIpc) is 2.63. The molecule has 0 spiro atoms. The lowest BCUT2D eigenvalue weighted by atomic mass is 10.1. The van der Waals surface area contributed by atoms with E-state index in [0.29, 0.717) is 5.76 Å². The maximum absolute atomic E-state index is 9.30. The van der Waals surface area contributed by atoms with Gasteiger partial charge in [0.15, 0.2) is 0 Å². The van der Waals surface area contributed by atoms with Crippen LogP contribution in [0.3, 0.4) is 0 Å². The van der Waals surface area contributed by atoms with Crippen molar-refractivity contribution < 1.29 is 5.11 Å². The molecule has 2 aliphatic carbocycles. The Labute approximate surface area is 75.6 Å². The van der Waals surface area contributed by atoms with Crippen LogP contribution in [0.5, 0.6) is 0 Å². The predicted octanol–water partition coefficient (Wildman–Crippen LogP) is 1.19. The van der Waals surface area contributed by atoms with Crippen molar-refractivity contribution in [3.63, 3.8) is 0 Å². The van der Waals surface area contributed by atoms with Gasteiger partial charge in [-0.2, -0.15) is 0 Å². The van der Waals surface area contributed by atoms with Gasteiger partial charge in [0.05, 0.1) is 0 Å². The molecular formula is C12H8O. The number of benzene rings is 1. The van der Waals surface area contributed by atoms with Crippen LogP contribution in [0.4, 0.5) is 0 Å². The summed E-state index contributed by atoms with van der Waals surface area (Å²) in [6.45, 7) is 0. The number of allylic oxidation sites excluding steroid dienone is 2. The molecule has 1 heteroatoms. The summed E-state index contributed by atoms with van der Waals surface area (Å²) in [7, 11) is 0. The number of rotatable bonds is 0.